The summed E-state index contributed by atoms with van der Waals surface area (Å²) in [5, 5.41) is 0. The molecule has 0 fully saturated rings. The van der Waals surface area contributed by atoms with Crippen LogP contribution in [0.3, 0.4) is 0 Å². The Balaban J connectivity index is 1.65. The zero-order valence-corrected chi connectivity index (χ0v) is 48.4. The standard InChI is InChI=1S/C64H92O14/c1-9-13-17-45-49-37-55-48(20-16-12-4)52-40-54-46(18-14-10-2)50-38-56(64(42-58(50)66-6)78-36-32-74-28-24-70-22-26-72-30-34-76-62(54)44-60(52)68-8)47(19-15-11-3)51-39-53(45)61(43-59(51)67-7)75-33-29-71-25-21-69-23-27-73-31-35-77-63(55)41-57(49)65-5/h37-48H,9-36H2,1-8H3. The van der Waals surface area contributed by atoms with Gasteiger partial charge in [-0.15, -0.1) is 0 Å². The van der Waals surface area contributed by atoms with E-state index < -0.39 is 0 Å². The summed E-state index contributed by atoms with van der Waals surface area (Å²) >= 11 is 0. The van der Waals surface area contributed by atoms with Gasteiger partial charge in [0.2, 0.25) is 0 Å². The van der Waals surface area contributed by atoms with E-state index >= 15 is 0 Å². The summed E-state index contributed by atoms with van der Waals surface area (Å²) in [5.74, 6) is 5.21. The number of hydrogen-bond donors (Lipinski definition) is 0. The van der Waals surface area contributed by atoms with Crippen molar-refractivity contribution in [2.24, 2.45) is 0 Å². The molecule has 0 amide bonds. The molecule has 0 saturated heterocycles. The van der Waals surface area contributed by atoms with Crippen molar-refractivity contribution in [2.75, 3.05) is 134 Å². The minimum atomic E-state index is -0.179. The number of hydrogen-bond acceptors (Lipinski definition) is 14. The van der Waals surface area contributed by atoms with Gasteiger partial charge in [-0.2, -0.15) is 0 Å². The molecule has 14 heteroatoms. The quantitative estimate of drug-likeness (QED) is 0.0987. The minimum Gasteiger partial charge on any atom is -0.496 e. The van der Waals surface area contributed by atoms with E-state index in [0.29, 0.717) is 106 Å². The molecule has 4 aromatic carbocycles. The third kappa shape index (κ3) is 16.1. The van der Waals surface area contributed by atoms with Gasteiger partial charge in [0.15, 0.2) is 0 Å². The molecule has 10 bridgehead atoms. The molecule has 0 aromatic heterocycles. The van der Waals surface area contributed by atoms with E-state index in [2.05, 4.69) is 76.2 Å². The van der Waals surface area contributed by atoms with Crippen molar-refractivity contribution in [2.45, 2.75) is 128 Å². The Kier molecular flexibility index (Phi) is 25.6. The summed E-state index contributed by atoms with van der Waals surface area (Å²) in [5.41, 5.74) is 8.41. The van der Waals surface area contributed by atoms with Gasteiger partial charge in [-0.1, -0.05) is 79.1 Å². The van der Waals surface area contributed by atoms with Crippen molar-refractivity contribution in [3.63, 3.8) is 0 Å². The van der Waals surface area contributed by atoms with Crippen LogP contribution in [0.15, 0.2) is 48.5 Å². The fourth-order valence-corrected chi connectivity index (χ4v) is 11.2. The van der Waals surface area contributed by atoms with E-state index in [1.165, 1.54) is 0 Å². The van der Waals surface area contributed by atoms with Crippen molar-refractivity contribution in [1.29, 1.82) is 0 Å². The predicted octanol–water partition coefficient (Wildman–Crippen LogP) is 13.0. The van der Waals surface area contributed by atoms with Crippen molar-refractivity contribution in [3.8, 4) is 46.0 Å². The first-order valence-electron chi connectivity index (χ1n) is 29.3. The van der Waals surface area contributed by atoms with Crippen LogP contribution in [0, 0.1) is 0 Å². The van der Waals surface area contributed by atoms with Crippen molar-refractivity contribution < 1.29 is 66.3 Å². The van der Waals surface area contributed by atoms with Gasteiger partial charge in [0.1, 0.15) is 72.4 Å². The summed E-state index contributed by atoms with van der Waals surface area (Å²) in [6.07, 6.45) is 11.1. The Bertz CT molecular complexity index is 2220. The molecular weight excluding hydrogens is 993 g/mol. The zero-order chi connectivity index (χ0) is 54.9. The van der Waals surface area contributed by atoms with Crippen molar-refractivity contribution in [1.82, 2.24) is 0 Å². The monoisotopic (exact) mass is 1080 g/mol. The second kappa shape index (κ2) is 33.0. The van der Waals surface area contributed by atoms with Crippen LogP contribution in [-0.4, -0.2) is 134 Å². The minimum absolute atomic E-state index is 0.175. The first kappa shape index (κ1) is 60.7. The molecule has 0 saturated carbocycles. The highest BCUT2D eigenvalue weighted by atomic mass is 16.6. The number of benzene rings is 4. The van der Waals surface area contributed by atoms with Gasteiger partial charge in [-0.05, 0) is 49.9 Å². The Hall–Kier alpha value is -4.96. The van der Waals surface area contributed by atoms with E-state index in [0.717, 1.165) is 168 Å². The van der Waals surface area contributed by atoms with Crippen LogP contribution < -0.4 is 37.9 Å². The van der Waals surface area contributed by atoms with E-state index in [1.807, 2.05) is 0 Å². The fourth-order valence-electron chi connectivity index (χ4n) is 11.2. The Morgan fingerprint density at radius 2 is 0.474 bits per heavy atom. The van der Waals surface area contributed by atoms with Gasteiger partial charge in [-0.25, -0.2) is 0 Å². The molecule has 8 rings (SSSR count). The Labute approximate surface area is 466 Å². The topological polar surface area (TPSA) is 129 Å². The molecule has 4 aromatic rings. The molecule has 78 heavy (non-hydrogen) atoms. The summed E-state index contributed by atoms with van der Waals surface area (Å²) < 4.78 is 90.0. The molecule has 0 spiro atoms. The summed E-state index contributed by atoms with van der Waals surface area (Å²) in [6.45, 7) is 15.4. The molecular formula is C64H92O14. The molecule has 4 unspecified atom stereocenters. The van der Waals surface area contributed by atoms with Crippen LogP contribution in [0.5, 0.6) is 46.0 Å². The highest BCUT2D eigenvalue weighted by Gasteiger charge is 2.35. The fraction of sp³-hybridized carbons (Fsp3) is 0.625. The molecule has 432 valence electrons. The van der Waals surface area contributed by atoms with Gasteiger partial charge in [-0.3, -0.25) is 0 Å². The molecule has 3 aliphatic heterocycles. The highest BCUT2D eigenvalue weighted by molar-refractivity contribution is 5.63. The zero-order valence-electron chi connectivity index (χ0n) is 48.4. The van der Waals surface area contributed by atoms with Gasteiger partial charge < -0.3 is 66.3 Å². The maximum absolute atomic E-state index is 6.93. The lowest BCUT2D eigenvalue weighted by molar-refractivity contribution is 0.00483. The molecule has 1 aliphatic carbocycles. The van der Waals surface area contributed by atoms with E-state index in [4.69, 9.17) is 66.3 Å². The van der Waals surface area contributed by atoms with Gasteiger partial charge in [0.05, 0.1) is 108 Å². The molecule has 4 atom stereocenters. The lowest BCUT2D eigenvalue weighted by Gasteiger charge is -2.32. The molecule has 4 aliphatic rings. The largest absolute Gasteiger partial charge is 0.496 e. The number of fused-ring (bicyclic) bond motifs is 15. The van der Waals surface area contributed by atoms with Crippen LogP contribution in [-0.2, 0) is 28.4 Å². The second-order valence-corrected chi connectivity index (χ2v) is 20.4. The van der Waals surface area contributed by atoms with Crippen LogP contribution in [0.2, 0.25) is 0 Å². The summed E-state index contributed by atoms with van der Waals surface area (Å²) in [6, 6.07) is 17.9. The third-order valence-corrected chi connectivity index (χ3v) is 15.3. The second-order valence-electron chi connectivity index (χ2n) is 20.4. The first-order valence-corrected chi connectivity index (χ1v) is 29.3. The predicted molar refractivity (Wildman–Crippen MR) is 304 cm³/mol. The van der Waals surface area contributed by atoms with Gasteiger partial charge in [0, 0.05) is 92.4 Å². The van der Waals surface area contributed by atoms with Crippen LogP contribution >= 0.6 is 0 Å². The smallest absolute Gasteiger partial charge is 0.126 e. The number of methoxy groups -OCH3 is 4. The lowest BCUT2D eigenvalue weighted by Crippen LogP contribution is -2.18. The van der Waals surface area contributed by atoms with Gasteiger partial charge >= 0.3 is 0 Å². The van der Waals surface area contributed by atoms with E-state index in [-0.39, 0.29) is 23.7 Å². The van der Waals surface area contributed by atoms with Crippen LogP contribution in [0.4, 0.5) is 0 Å². The molecule has 0 radical (unpaired) electrons. The SMILES string of the molecule is CCCCC1c2cc3c(cc2OC)OCCOCCOCCOCCOc2cc(OC)c(cc21)C(CCCC)c1cc2c(OC)cc1OCCOCCOCCOCCOc1cc(OC)c(cc1C2CCCC)C3CCCC. The Morgan fingerprint density at radius 3 is 0.654 bits per heavy atom. The molecule has 3 heterocycles. The van der Waals surface area contributed by atoms with E-state index in [1.54, 1.807) is 28.4 Å². The van der Waals surface area contributed by atoms with Crippen LogP contribution in [0.25, 0.3) is 0 Å². The Morgan fingerprint density at radius 1 is 0.282 bits per heavy atom. The van der Waals surface area contributed by atoms with Gasteiger partial charge in [0.25, 0.3) is 0 Å². The van der Waals surface area contributed by atoms with Crippen molar-refractivity contribution in [3.05, 3.63) is 93.0 Å². The lowest BCUT2D eigenvalue weighted by atomic mass is 9.76. The molecule has 14 nitrogen and oxygen atoms in total. The normalized spacial score (nSPS) is 20.2. The van der Waals surface area contributed by atoms with E-state index in [9.17, 15) is 0 Å². The maximum atomic E-state index is 6.93. The first-order chi connectivity index (χ1) is 38.4. The molecule has 0 N–H and O–H groups in total. The summed E-state index contributed by atoms with van der Waals surface area (Å²) in [4.78, 5) is 0. The average Bonchev–Trinajstić information content (AvgIpc) is 3.48. The number of rotatable bonds is 16. The van der Waals surface area contributed by atoms with Crippen molar-refractivity contribution >= 4 is 0 Å². The summed E-state index contributed by atoms with van der Waals surface area (Å²) in [7, 11) is 7.05. The maximum Gasteiger partial charge on any atom is 0.126 e. The highest BCUT2D eigenvalue weighted by Crippen LogP contribution is 2.53. The number of ether oxygens (including phenoxy) is 14. The number of unbranched alkanes of at least 4 members (excludes halogenated alkanes) is 4. The average molecular weight is 1090 g/mol. The van der Waals surface area contributed by atoms with Crippen LogP contribution in [0.1, 0.15) is 173 Å². The third-order valence-electron chi connectivity index (χ3n) is 15.3.